The lowest BCUT2D eigenvalue weighted by Crippen LogP contribution is -2.54. The van der Waals surface area contributed by atoms with Crippen LogP contribution < -0.4 is 14.4 Å². The van der Waals surface area contributed by atoms with Gasteiger partial charge in [0.25, 0.3) is 0 Å². The van der Waals surface area contributed by atoms with Crippen LogP contribution in [0.25, 0.3) is 0 Å². The zero-order chi connectivity index (χ0) is 27.9. The van der Waals surface area contributed by atoms with E-state index in [0.29, 0.717) is 28.4 Å². The molecule has 0 bridgehead atoms. The van der Waals surface area contributed by atoms with Crippen LogP contribution in [0, 0.1) is 6.92 Å². The Kier molecular flexibility index (Phi) is 10.4. The van der Waals surface area contributed by atoms with Gasteiger partial charge < -0.3 is 15.0 Å². The van der Waals surface area contributed by atoms with Crippen LogP contribution in [0.3, 0.4) is 0 Å². The van der Waals surface area contributed by atoms with Gasteiger partial charge in [0.15, 0.2) is 0 Å². The number of methoxy groups -OCH3 is 1. The molecule has 1 atom stereocenters. The predicted molar refractivity (Wildman–Crippen MR) is 151 cm³/mol. The summed E-state index contributed by atoms with van der Waals surface area (Å²) >= 11 is 6.08. The largest absolute Gasteiger partial charge is 0.497 e. The molecule has 10 heteroatoms. The number of amides is 2. The molecule has 1 aliphatic rings. The normalized spacial score (nSPS) is 15.0. The third-order valence-corrected chi connectivity index (χ3v) is 8.29. The van der Waals surface area contributed by atoms with Gasteiger partial charge in [0.1, 0.15) is 18.3 Å². The number of nitrogens with zero attached hydrogens (tertiary/aromatic N) is 2. The second-order valence-corrected chi connectivity index (χ2v) is 12.2. The highest BCUT2D eigenvalue weighted by Gasteiger charge is 2.33. The summed E-state index contributed by atoms with van der Waals surface area (Å²) < 4.78 is 32.1. The first kappa shape index (κ1) is 29.8. The Morgan fingerprint density at radius 3 is 2.45 bits per heavy atom. The molecule has 3 rings (SSSR count). The number of hydrogen-bond donors (Lipinski definition) is 1. The molecule has 2 amide bonds. The molecule has 1 fully saturated rings. The molecule has 0 unspecified atom stereocenters. The summed E-state index contributed by atoms with van der Waals surface area (Å²) in [6.07, 6.45) is 6.58. The SMILES string of the molecule is CC[C@H](C(=O)NC1CCCCC1)N(Cc1cccc(OC)c1)C(=O)CN(c1ccc(Cl)cc1C)S(C)(=O)=O. The first-order valence-electron chi connectivity index (χ1n) is 13.0. The van der Waals surface area contributed by atoms with Crippen molar-refractivity contribution in [2.45, 2.75) is 71.0 Å². The second kappa shape index (κ2) is 13.3. The number of anilines is 1. The van der Waals surface area contributed by atoms with Crippen LogP contribution in [-0.4, -0.2) is 57.1 Å². The molecule has 0 aromatic heterocycles. The topological polar surface area (TPSA) is 96.0 Å². The third kappa shape index (κ3) is 7.86. The highest BCUT2D eigenvalue weighted by atomic mass is 35.5. The number of halogens is 1. The van der Waals surface area contributed by atoms with Gasteiger partial charge >= 0.3 is 0 Å². The highest BCUT2D eigenvalue weighted by Crippen LogP contribution is 2.27. The molecule has 208 valence electrons. The van der Waals surface area contributed by atoms with Crippen molar-refractivity contribution in [2.75, 3.05) is 24.2 Å². The molecule has 0 heterocycles. The maximum Gasteiger partial charge on any atom is 0.244 e. The van der Waals surface area contributed by atoms with E-state index in [4.69, 9.17) is 16.3 Å². The summed E-state index contributed by atoms with van der Waals surface area (Å²) in [4.78, 5) is 28.8. The fourth-order valence-electron chi connectivity index (χ4n) is 4.92. The molecule has 0 aliphatic heterocycles. The van der Waals surface area contributed by atoms with Gasteiger partial charge in [-0.15, -0.1) is 0 Å². The maximum atomic E-state index is 13.9. The number of aryl methyl sites for hydroxylation is 1. The van der Waals surface area contributed by atoms with Gasteiger partial charge in [0.05, 0.1) is 19.1 Å². The average Bonchev–Trinajstić information content (AvgIpc) is 2.87. The summed E-state index contributed by atoms with van der Waals surface area (Å²) in [6.45, 7) is 3.28. The number of hydrogen-bond acceptors (Lipinski definition) is 5. The number of rotatable bonds is 11. The van der Waals surface area contributed by atoms with Crippen molar-refractivity contribution in [3.05, 3.63) is 58.6 Å². The molecule has 1 saturated carbocycles. The van der Waals surface area contributed by atoms with Crippen molar-refractivity contribution in [1.29, 1.82) is 0 Å². The molecule has 0 saturated heterocycles. The van der Waals surface area contributed by atoms with E-state index >= 15 is 0 Å². The molecule has 1 aliphatic carbocycles. The Balaban J connectivity index is 1.95. The lowest BCUT2D eigenvalue weighted by molar-refractivity contribution is -0.140. The number of carbonyl (C=O) groups is 2. The van der Waals surface area contributed by atoms with Crippen molar-refractivity contribution in [3.63, 3.8) is 0 Å². The number of nitrogens with one attached hydrogen (secondary N) is 1. The molecule has 38 heavy (non-hydrogen) atoms. The molecular formula is C28H38ClN3O5S. The van der Waals surface area contributed by atoms with E-state index in [-0.39, 0.29) is 18.5 Å². The van der Waals surface area contributed by atoms with Gasteiger partial charge in [0, 0.05) is 17.6 Å². The summed E-state index contributed by atoms with van der Waals surface area (Å²) in [5.74, 6) is -0.0633. The second-order valence-electron chi connectivity index (χ2n) is 9.84. The first-order valence-corrected chi connectivity index (χ1v) is 15.2. The maximum absolute atomic E-state index is 13.9. The summed E-state index contributed by atoms with van der Waals surface area (Å²) in [7, 11) is -2.26. The smallest absolute Gasteiger partial charge is 0.244 e. The zero-order valence-electron chi connectivity index (χ0n) is 22.6. The van der Waals surface area contributed by atoms with Crippen LogP contribution in [0.1, 0.15) is 56.6 Å². The Morgan fingerprint density at radius 1 is 1.13 bits per heavy atom. The van der Waals surface area contributed by atoms with E-state index in [9.17, 15) is 18.0 Å². The molecule has 8 nitrogen and oxygen atoms in total. The Labute approximate surface area is 231 Å². The number of carbonyl (C=O) groups excluding carboxylic acids is 2. The predicted octanol–water partition coefficient (Wildman–Crippen LogP) is 4.68. The van der Waals surface area contributed by atoms with Gasteiger partial charge in [-0.3, -0.25) is 13.9 Å². The van der Waals surface area contributed by atoms with Crippen LogP contribution in [-0.2, 0) is 26.2 Å². The van der Waals surface area contributed by atoms with E-state index in [1.165, 1.54) is 4.90 Å². The summed E-state index contributed by atoms with van der Waals surface area (Å²) in [5.41, 5.74) is 1.76. The van der Waals surface area contributed by atoms with E-state index in [1.807, 2.05) is 25.1 Å². The van der Waals surface area contributed by atoms with Crippen molar-refractivity contribution < 1.29 is 22.7 Å². The van der Waals surface area contributed by atoms with Crippen LogP contribution in [0.5, 0.6) is 5.75 Å². The van der Waals surface area contributed by atoms with Gasteiger partial charge in [-0.05, 0) is 67.6 Å². The molecule has 1 N–H and O–H groups in total. The molecular weight excluding hydrogens is 526 g/mol. The number of benzene rings is 2. The van der Waals surface area contributed by atoms with E-state index < -0.39 is 28.5 Å². The fourth-order valence-corrected chi connectivity index (χ4v) is 6.06. The minimum Gasteiger partial charge on any atom is -0.497 e. The molecule has 2 aromatic rings. The lowest BCUT2D eigenvalue weighted by atomic mass is 9.95. The van der Waals surface area contributed by atoms with E-state index in [1.54, 1.807) is 38.3 Å². The van der Waals surface area contributed by atoms with Crippen LogP contribution in [0.15, 0.2) is 42.5 Å². The highest BCUT2D eigenvalue weighted by molar-refractivity contribution is 7.92. The molecule has 0 spiro atoms. The van der Waals surface area contributed by atoms with Crippen molar-refractivity contribution in [3.8, 4) is 5.75 Å². The van der Waals surface area contributed by atoms with Gasteiger partial charge in [-0.2, -0.15) is 0 Å². The average molecular weight is 564 g/mol. The van der Waals surface area contributed by atoms with Crippen LogP contribution in [0.4, 0.5) is 5.69 Å². The van der Waals surface area contributed by atoms with Gasteiger partial charge in [-0.1, -0.05) is 49.9 Å². The van der Waals surface area contributed by atoms with E-state index in [0.717, 1.165) is 48.2 Å². The quantitative estimate of drug-likeness (QED) is 0.428. The van der Waals surface area contributed by atoms with Crippen molar-refractivity contribution >= 4 is 39.1 Å². The van der Waals surface area contributed by atoms with Gasteiger partial charge in [-0.25, -0.2) is 8.42 Å². The van der Waals surface area contributed by atoms with E-state index in [2.05, 4.69) is 5.32 Å². The van der Waals surface area contributed by atoms with Crippen LogP contribution >= 0.6 is 11.6 Å². The minimum atomic E-state index is -3.82. The first-order chi connectivity index (χ1) is 18.0. The van der Waals surface area contributed by atoms with Crippen molar-refractivity contribution in [2.24, 2.45) is 0 Å². The lowest BCUT2D eigenvalue weighted by Gasteiger charge is -2.34. The zero-order valence-corrected chi connectivity index (χ0v) is 24.1. The standard InChI is InChI=1S/C28H38ClN3O5S/c1-5-25(28(34)30-23-11-7-6-8-12-23)31(18-21-10-9-13-24(17-21)37-3)27(33)19-32(38(4,35)36)26-15-14-22(29)16-20(26)2/h9-10,13-17,23,25H,5-8,11-12,18-19H2,1-4H3,(H,30,34)/t25-/m1/s1. The number of ether oxygens (including phenoxy) is 1. The van der Waals surface area contributed by atoms with Crippen molar-refractivity contribution in [1.82, 2.24) is 10.2 Å². The Hall–Kier alpha value is -2.78. The number of sulfonamides is 1. The Bertz CT molecular complexity index is 1230. The summed E-state index contributed by atoms with van der Waals surface area (Å²) in [6, 6.07) is 11.4. The Morgan fingerprint density at radius 2 is 1.84 bits per heavy atom. The molecule has 0 radical (unpaired) electrons. The minimum absolute atomic E-state index is 0.0864. The van der Waals surface area contributed by atoms with Gasteiger partial charge in [0.2, 0.25) is 21.8 Å². The third-order valence-electron chi connectivity index (χ3n) is 6.93. The summed E-state index contributed by atoms with van der Waals surface area (Å²) in [5, 5.41) is 3.61. The fraction of sp³-hybridized carbons (Fsp3) is 0.500. The van der Waals surface area contributed by atoms with Crippen LogP contribution in [0.2, 0.25) is 5.02 Å². The molecule has 2 aromatic carbocycles. The monoisotopic (exact) mass is 563 g/mol.